The summed E-state index contributed by atoms with van der Waals surface area (Å²) in [5.74, 6) is 0. The van der Waals surface area contributed by atoms with Gasteiger partial charge < -0.3 is 5.32 Å². The first-order valence-electron chi connectivity index (χ1n) is 5.90. The van der Waals surface area contributed by atoms with Crippen LogP contribution in [0.5, 0.6) is 0 Å². The number of benzene rings is 1. The number of hydrogen-bond acceptors (Lipinski definition) is 2. The van der Waals surface area contributed by atoms with Crippen LogP contribution in [-0.4, -0.2) is 16.3 Å². The molecule has 1 atom stereocenters. The fourth-order valence-electron chi connectivity index (χ4n) is 2.04. The lowest BCUT2D eigenvalue weighted by Gasteiger charge is -2.21. The lowest BCUT2D eigenvalue weighted by molar-refractivity contribution is 0.571. The normalized spacial score (nSPS) is 12.7. The summed E-state index contributed by atoms with van der Waals surface area (Å²) in [6.45, 7) is 2.86. The van der Waals surface area contributed by atoms with Gasteiger partial charge in [0.1, 0.15) is 0 Å². The van der Waals surface area contributed by atoms with Crippen molar-refractivity contribution in [1.82, 2.24) is 15.1 Å². The van der Waals surface area contributed by atoms with Crippen molar-refractivity contribution in [2.24, 2.45) is 7.05 Å². The number of rotatable bonds is 4. The van der Waals surface area contributed by atoms with Crippen LogP contribution in [0, 0.1) is 0 Å². The van der Waals surface area contributed by atoms with Crippen molar-refractivity contribution in [3.8, 4) is 0 Å². The molecule has 0 aliphatic heterocycles. The maximum atomic E-state index is 6.30. The Morgan fingerprint density at radius 1 is 1.42 bits per heavy atom. The van der Waals surface area contributed by atoms with Crippen molar-refractivity contribution in [1.29, 1.82) is 0 Å². The molecule has 0 saturated carbocycles. The summed E-state index contributed by atoms with van der Waals surface area (Å²) in [4.78, 5) is 0. The van der Waals surface area contributed by atoms with Gasteiger partial charge in [-0.15, -0.1) is 0 Å². The maximum absolute atomic E-state index is 6.30. The molecule has 102 valence electrons. The molecule has 0 spiro atoms. The van der Waals surface area contributed by atoms with Crippen LogP contribution in [0.2, 0.25) is 10.0 Å². The van der Waals surface area contributed by atoms with Crippen LogP contribution in [0.4, 0.5) is 0 Å². The van der Waals surface area contributed by atoms with Gasteiger partial charge >= 0.3 is 0 Å². The van der Waals surface area contributed by atoms with Gasteiger partial charge in [0.25, 0.3) is 0 Å². The first kappa shape index (κ1) is 14.9. The minimum atomic E-state index is -0.0573. The summed E-state index contributed by atoms with van der Waals surface area (Å²) in [5, 5.41) is 9.02. The third kappa shape index (κ3) is 3.14. The molecule has 0 amide bonds. The van der Waals surface area contributed by atoms with Gasteiger partial charge in [-0.3, -0.25) is 4.68 Å². The number of halogens is 3. The molecule has 0 saturated heterocycles. The van der Waals surface area contributed by atoms with E-state index in [1.54, 1.807) is 12.3 Å². The summed E-state index contributed by atoms with van der Waals surface area (Å²) in [6, 6.07) is 5.43. The average molecular weight is 363 g/mol. The van der Waals surface area contributed by atoms with E-state index in [0.717, 1.165) is 22.3 Å². The molecule has 3 nitrogen and oxygen atoms in total. The van der Waals surface area contributed by atoms with Crippen molar-refractivity contribution in [3.05, 3.63) is 50.2 Å². The Kier molecular flexibility index (Phi) is 4.90. The largest absolute Gasteiger partial charge is 0.305 e. The zero-order chi connectivity index (χ0) is 14.0. The zero-order valence-electron chi connectivity index (χ0n) is 10.6. The van der Waals surface area contributed by atoms with E-state index >= 15 is 0 Å². The Bertz CT molecular complexity index is 564. The summed E-state index contributed by atoms with van der Waals surface area (Å²) >= 11 is 15.9. The monoisotopic (exact) mass is 361 g/mol. The molecular weight excluding hydrogens is 349 g/mol. The minimum Gasteiger partial charge on any atom is -0.305 e. The highest BCUT2D eigenvalue weighted by Gasteiger charge is 2.22. The Balaban J connectivity index is 2.54. The SMILES string of the molecule is CCNC(c1cc(Cl)ccc1Cl)c1c(Br)cnn1C. The molecule has 1 aromatic carbocycles. The molecule has 0 fully saturated rings. The Morgan fingerprint density at radius 2 is 2.16 bits per heavy atom. The molecule has 2 aromatic rings. The smallest absolute Gasteiger partial charge is 0.0774 e. The van der Waals surface area contributed by atoms with E-state index < -0.39 is 0 Å². The molecular formula is C13H14BrCl2N3. The number of aromatic nitrogens is 2. The highest BCUT2D eigenvalue weighted by Crippen LogP contribution is 2.33. The van der Waals surface area contributed by atoms with E-state index in [2.05, 4.69) is 33.3 Å². The zero-order valence-corrected chi connectivity index (χ0v) is 13.7. The second kappa shape index (κ2) is 6.27. The van der Waals surface area contributed by atoms with E-state index in [0.29, 0.717) is 10.0 Å². The quantitative estimate of drug-likeness (QED) is 0.883. The van der Waals surface area contributed by atoms with Gasteiger partial charge in [0.05, 0.1) is 22.4 Å². The highest BCUT2D eigenvalue weighted by molar-refractivity contribution is 9.10. The van der Waals surface area contributed by atoms with Crippen molar-refractivity contribution in [2.75, 3.05) is 6.54 Å². The maximum Gasteiger partial charge on any atom is 0.0774 e. The first-order chi connectivity index (χ1) is 9.04. The fourth-order valence-corrected chi connectivity index (χ4v) is 3.02. The molecule has 0 radical (unpaired) electrons. The average Bonchev–Trinajstić information content (AvgIpc) is 2.70. The molecule has 1 N–H and O–H groups in total. The van der Waals surface area contributed by atoms with Gasteiger partial charge in [0, 0.05) is 17.1 Å². The molecule has 1 unspecified atom stereocenters. The van der Waals surface area contributed by atoms with Gasteiger partial charge in [-0.1, -0.05) is 30.1 Å². The third-order valence-electron chi connectivity index (χ3n) is 2.89. The predicted octanol–water partition coefficient (Wildman–Crippen LogP) is 4.19. The van der Waals surface area contributed by atoms with Gasteiger partial charge in [-0.2, -0.15) is 5.10 Å². The number of aryl methyl sites for hydroxylation is 1. The Morgan fingerprint density at radius 3 is 2.74 bits per heavy atom. The number of nitrogens with zero attached hydrogens (tertiary/aromatic N) is 2. The molecule has 0 aliphatic carbocycles. The van der Waals surface area contributed by atoms with Crippen LogP contribution in [0.15, 0.2) is 28.9 Å². The summed E-state index contributed by atoms with van der Waals surface area (Å²) in [6.07, 6.45) is 1.78. The van der Waals surface area contributed by atoms with Crippen LogP contribution in [0.25, 0.3) is 0 Å². The summed E-state index contributed by atoms with van der Waals surface area (Å²) in [7, 11) is 1.91. The van der Waals surface area contributed by atoms with Crippen LogP contribution in [0.1, 0.15) is 24.2 Å². The number of nitrogens with one attached hydrogen (secondary N) is 1. The fraction of sp³-hybridized carbons (Fsp3) is 0.308. The van der Waals surface area contributed by atoms with E-state index in [4.69, 9.17) is 23.2 Å². The minimum absolute atomic E-state index is 0.0573. The standard InChI is InChI=1S/C13H14BrCl2N3/c1-3-17-12(13-10(14)7-18-19(13)2)9-6-8(15)4-5-11(9)16/h4-7,12,17H,3H2,1-2H3. The third-order valence-corrected chi connectivity index (χ3v) is 4.08. The Labute approximate surface area is 131 Å². The van der Waals surface area contributed by atoms with Crippen molar-refractivity contribution < 1.29 is 0 Å². The van der Waals surface area contributed by atoms with Crippen molar-refractivity contribution in [3.63, 3.8) is 0 Å². The topological polar surface area (TPSA) is 29.9 Å². The molecule has 2 rings (SSSR count). The lowest BCUT2D eigenvalue weighted by Crippen LogP contribution is -2.25. The molecule has 19 heavy (non-hydrogen) atoms. The van der Waals surface area contributed by atoms with Crippen molar-refractivity contribution >= 4 is 39.1 Å². The highest BCUT2D eigenvalue weighted by atomic mass is 79.9. The van der Waals surface area contributed by atoms with Gasteiger partial charge in [-0.25, -0.2) is 0 Å². The molecule has 0 aliphatic rings. The summed E-state index contributed by atoms with van der Waals surface area (Å²) < 4.78 is 2.77. The van der Waals surface area contributed by atoms with Crippen LogP contribution in [0.3, 0.4) is 0 Å². The van der Waals surface area contributed by atoms with Gasteiger partial charge in [0.2, 0.25) is 0 Å². The second-order valence-corrected chi connectivity index (χ2v) is 5.86. The van der Waals surface area contributed by atoms with E-state index in [1.165, 1.54) is 0 Å². The predicted molar refractivity (Wildman–Crippen MR) is 82.9 cm³/mol. The summed E-state index contributed by atoms with van der Waals surface area (Å²) in [5.41, 5.74) is 1.96. The number of hydrogen-bond donors (Lipinski definition) is 1. The van der Waals surface area contributed by atoms with E-state index in [9.17, 15) is 0 Å². The van der Waals surface area contributed by atoms with Crippen LogP contribution in [-0.2, 0) is 7.05 Å². The molecule has 1 aromatic heterocycles. The van der Waals surface area contributed by atoms with E-state index in [1.807, 2.05) is 23.9 Å². The molecule has 1 heterocycles. The van der Waals surface area contributed by atoms with Gasteiger partial charge in [-0.05, 0) is 46.2 Å². The molecule has 6 heteroatoms. The van der Waals surface area contributed by atoms with Crippen LogP contribution < -0.4 is 5.32 Å². The Hall–Kier alpha value is -0.550. The van der Waals surface area contributed by atoms with E-state index in [-0.39, 0.29) is 6.04 Å². The lowest BCUT2D eigenvalue weighted by atomic mass is 10.0. The van der Waals surface area contributed by atoms with Gasteiger partial charge in [0.15, 0.2) is 0 Å². The van der Waals surface area contributed by atoms with Crippen molar-refractivity contribution in [2.45, 2.75) is 13.0 Å². The molecule has 0 bridgehead atoms. The second-order valence-electron chi connectivity index (χ2n) is 4.16. The first-order valence-corrected chi connectivity index (χ1v) is 7.45. The van der Waals surface area contributed by atoms with Crippen LogP contribution >= 0.6 is 39.1 Å².